The first kappa shape index (κ1) is 25.3. The fourth-order valence-corrected chi connectivity index (χ4v) is 4.99. The monoisotopic (exact) mass is 558 g/mol. The van der Waals surface area contributed by atoms with E-state index in [1.165, 1.54) is 12.8 Å². The standard InChI is InChI=1S/C23H25BrCl2N4O.ClH/c1-15-21(23(31)28-29-12-4-2-3-5-13-29)27-30(20-11-10-18(25)14-19(20)26)22(15)16-6-8-17(24)9-7-16;/h6-11,14-15,22H,2-5,12-13H2,1H3,(H,28,31);1H. The van der Waals surface area contributed by atoms with Gasteiger partial charge in [-0.25, -0.2) is 5.01 Å². The summed E-state index contributed by atoms with van der Waals surface area (Å²) >= 11 is 16.1. The van der Waals surface area contributed by atoms with E-state index in [2.05, 4.69) is 21.4 Å². The van der Waals surface area contributed by atoms with Crippen LogP contribution >= 0.6 is 51.5 Å². The minimum Gasteiger partial charge on any atom is -0.284 e. The number of hydrazine groups is 1. The zero-order valence-electron chi connectivity index (χ0n) is 17.7. The molecule has 1 amide bonds. The number of halogens is 4. The smallest absolute Gasteiger partial charge is 0.282 e. The predicted octanol–water partition coefficient (Wildman–Crippen LogP) is 6.64. The van der Waals surface area contributed by atoms with Gasteiger partial charge in [0, 0.05) is 28.5 Å². The molecule has 0 saturated carbocycles. The Bertz CT molecular complexity index is 978. The summed E-state index contributed by atoms with van der Waals surface area (Å²) in [6.45, 7) is 3.78. The Balaban J connectivity index is 0.00000289. The first-order valence-corrected chi connectivity index (χ1v) is 12.1. The molecule has 0 aromatic heterocycles. The van der Waals surface area contributed by atoms with Crippen molar-refractivity contribution >= 4 is 68.8 Å². The van der Waals surface area contributed by atoms with Crippen LogP contribution in [0.25, 0.3) is 0 Å². The predicted molar refractivity (Wildman–Crippen MR) is 138 cm³/mol. The number of rotatable bonds is 4. The molecule has 2 aromatic rings. The van der Waals surface area contributed by atoms with Crippen molar-refractivity contribution in [2.75, 3.05) is 18.1 Å². The molecule has 0 spiro atoms. The minimum atomic E-state index is -0.156. The summed E-state index contributed by atoms with van der Waals surface area (Å²) in [7, 11) is 0. The zero-order chi connectivity index (χ0) is 22.0. The third-order valence-corrected chi connectivity index (χ3v) is 6.92. The van der Waals surface area contributed by atoms with Crippen molar-refractivity contribution in [3.05, 3.63) is 62.5 Å². The molecule has 9 heteroatoms. The summed E-state index contributed by atoms with van der Waals surface area (Å²) in [5.74, 6) is -0.274. The molecule has 1 N–H and O–H groups in total. The van der Waals surface area contributed by atoms with Crippen LogP contribution in [0.2, 0.25) is 10.0 Å². The molecular formula is C23H26BrCl3N4O. The molecule has 2 atom stereocenters. The van der Waals surface area contributed by atoms with Crippen LogP contribution in [-0.2, 0) is 4.79 Å². The van der Waals surface area contributed by atoms with Crippen LogP contribution < -0.4 is 10.4 Å². The molecule has 1 saturated heterocycles. The number of hydrogen-bond acceptors (Lipinski definition) is 4. The first-order chi connectivity index (χ1) is 14.9. The highest BCUT2D eigenvalue weighted by atomic mass is 79.9. The number of carbonyl (C=O) groups is 1. The summed E-state index contributed by atoms with van der Waals surface area (Å²) in [5.41, 5.74) is 5.37. The summed E-state index contributed by atoms with van der Waals surface area (Å²) in [4.78, 5) is 13.2. The van der Waals surface area contributed by atoms with Crippen LogP contribution in [0.5, 0.6) is 0 Å². The van der Waals surface area contributed by atoms with E-state index in [0.29, 0.717) is 15.8 Å². The van der Waals surface area contributed by atoms with Crippen molar-refractivity contribution in [3.63, 3.8) is 0 Å². The molecule has 2 aliphatic rings. The van der Waals surface area contributed by atoms with Crippen LogP contribution in [0, 0.1) is 5.92 Å². The molecule has 5 nitrogen and oxygen atoms in total. The highest BCUT2D eigenvalue weighted by Crippen LogP contribution is 2.42. The van der Waals surface area contributed by atoms with Gasteiger partial charge in [-0.1, -0.05) is 71.0 Å². The molecule has 172 valence electrons. The molecule has 0 bridgehead atoms. The topological polar surface area (TPSA) is 47.9 Å². The lowest BCUT2D eigenvalue weighted by molar-refractivity contribution is -0.119. The van der Waals surface area contributed by atoms with Crippen LogP contribution in [0.1, 0.15) is 44.2 Å². The van der Waals surface area contributed by atoms with Gasteiger partial charge in [0.25, 0.3) is 5.91 Å². The fraction of sp³-hybridized carbons (Fsp3) is 0.391. The summed E-state index contributed by atoms with van der Waals surface area (Å²) in [6.07, 6.45) is 4.60. The Labute approximate surface area is 213 Å². The van der Waals surface area contributed by atoms with Crippen LogP contribution in [0.3, 0.4) is 0 Å². The lowest BCUT2D eigenvalue weighted by Gasteiger charge is -2.28. The number of benzene rings is 2. The lowest BCUT2D eigenvalue weighted by atomic mass is 9.91. The van der Waals surface area contributed by atoms with Gasteiger partial charge in [0.15, 0.2) is 0 Å². The van der Waals surface area contributed by atoms with Gasteiger partial charge in [0.05, 0.1) is 16.8 Å². The zero-order valence-corrected chi connectivity index (χ0v) is 21.6. The highest BCUT2D eigenvalue weighted by molar-refractivity contribution is 9.10. The SMILES string of the molecule is CC1C(C(=O)NN2CCCCCC2)=NN(c2ccc(Cl)cc2Cl)C1c1ccc(Br)cc1.Cl. The van der Waals surface area contributed by atoms with Crippen molar-refractivity contribution in [3.8, 4) is 0 Å². The van der Waals surface area contributed by atoms with Crippen molar-refractivity contribution in [1.29, 1.82) is 0 Å². The Morgan fingerprint density at radius 1 is 1.06 bits per heavy atom. The molecule has 0 aliphatic carbocycles. The van der Waals surface area contributed by atoms with E-state index in [-0.39, 0.29) is 30.3 Å². The van der Waals surface area contributed by atoms with Crippen molar-refractivity contribution in [2.45, 2.75) is 38.6 Å². The van der Waals surface area contributed by atoms with E-state index < -0.39 is 0 Å². The van der Waals surface area contributed by atoms with Gasteiger partial charge in [0.1, 0.15) is 5.71 Å². The summed E-state index contributed by atoms with van der Waals surface area (Å²) in [6, 6.07) is 13.3. The van der Waals surface area contributed by atoms with Crippen molar-refractivity contribution < 1.29 is 4.79 Å². The third kappa shape index (κ3) is 5.60. The van der Waals surface area contributed by atoms with Gasteiger partial charge in [-0.3, -0.25) is 15.2 Å². The average Bonchev–Trinajstić information content (AvgIpc) is 2.89. The molecule has 2 heterocycles. The van der Waals surface area contributed by atoms with Gasteiger partial charge in [0.2, 0.25) is 0 Å². The van der Waals surface area contributed by atoms with E-state index in [4.69, 9.17) is 28.3 Å². The van der Waals surface area contributed by atoms with E-state index in [1.54, 1.807) is 12.1 Å². The normalized spacial score (nSPS) is 21.5. The number of nitrogens with zero attached hydrogens (tertiary/aromatic N) is 3. The number of amides is 1. The number of hydrazone groups is 1. The maximum Gasteiger partial charge on any atom is 0.282 e. The van der Waals surface area contributed by atoms with Gasteiger partial charge in [-0.15, -0.1) is 12.4 Å². The number of anilines is 1. The van der Waals surface area contributed by atoms with Crippen molar-refractivity contribution in [2.24, 2.45) is 11.0 Å². The van der Waals surface area contributed by atoms with Crippen molar-refractivity contribution in [1.82, 2.24) is 10.4 Å². The Hall–Kier alpha value is -1.31. The summed E-state index contributed by atoms with van der Waals surface area (Å²) < 4.78 is 0.998. The molecule has 2 aromatic carbocycles. The maximum absolute atomic E-state index is 13.2. The second kappa shape index (κ2) is 11.2. The third-order valence-electron chi connectivity index (χ3n) is 5.85. The quantitative estimate of drug-likeness (QED) is 0.456. The lowest BCUT2D eigenvalue weighted by Crippen LogP contribution is -2.46. The van der Waals surface area contributed by atoms with E-state index >= 15 is 0 Å². The van der Waals surface area contributed by atoms with Gasteiger partial charge >= 0.3 is 0 Å². The van der Waals surface area contributed by atoms with Crippen LogP contribution in [0.4, 0.5) is 5.69 Å². The Morgan fingerprint density at radius 3 is 2.34 bits per heavy atom. The van der Waals surface area contributed by atoms with E-state index in [1.807, 2.05) is 47.3 Å². The molecule has 0 radical (unpaired) electrons. The van der Waals surface area contributed by atoms with E-state index in [0.717, 1.165) is 41.7 Å². The average molecular weight is 561 g/mol. The van der Waals surface area contributed by atoms with E-state index in [9.17, 15) is 4.79 Å². The Kier molecular flexibility index (Phi) is 8.87. The molecule has 2 aliphatic heterocycles. The van der Waals surface area contributed by atoms with Crippen LogP contribution in [-0.4, -0.2) is 29.7 Å². The molecule has 32 heavy (non-hydrogen) atoms. The first-order valence-electron chi connectivity index (χ1n) is 10.6. The number of hydrogen-bond donors (Lipinski definition) is 1. The fourth-order valence-electron chi connectivity index (χ4n) is 4.23. The second-order valence-corrected chi connectivity index (χ2v) is 9.81. The van der Waals surface area contributed by atoms with Gasteiger partial charge in [-0.2, -0.15) is 5.10 Å². The molecule has 2 unspecified atom stereocenters. The molecule has 4 rings (SSSR count). The second-order valence-electron chi connectivity index (χ2n) is 8.05. The highest BCUT2D eigenvalue weighted by Gasteiger charge is 2.40. The number of carbonyl (C=O) groups excluding carboxylic acids is 1. The summed E-state index contributed by atoms with van der Waals surface area (Å²) in [5, 5.41) is 9.71. The van der Waals surface area contributed by atoms with Gasteiger partial charge < -0.3 is 0 Å². The van der Waals surface area contributed by atoms with Crippen LogP contribution in [0.15, 0.2) is 52.0 Å². The Morgan fingerprint density at radius 2 is 1.72 bits per heavy atom. The minimum absolute atomic E-state index is 0. The molecular weight excluding hydrogens is 535 g/mol. The largest absolute Gasteiger partial charge is 0.284 e. The molecule has 1 fully saturated rings. The maximum atomic E-state index is 13.2. The number of nitrogens with one attached hydrogen (secondary N) is 1. The van der Waals surface area contributed by atoms with Gasteiger partial charge in [-0.05, 0) is 48.7 Å².